The van der Waals surface area contributed by atoms with Crippen LogP contribution in [0.25, 0.3) is 0 Å². The van der Waals surface area contributed by atoms with E-state index in [1.54, 1.807) is 6.92 Å². The molecule has 0 radical (unpaired) electrons. The highest BCUT2D eigenvalue weighted by atomic mass is 79.9. The van der Waals surface area contributed by atoms with Crippen molar-refractivity contribution in [1.29, 1.82) is 0 Å². The molecule has 4 nitrogen and oxygen atoms in total. The van der Waals surface area contributed by atoms with Crippen molar-refractivity contribution in [3.63, 3.8) is 0 Å². The van der Waals surface area contributed by atoms with Crippen molar-refractivity contribution >= 4 is 27.5 Å². The maximum absolute atomic E-state index is 11.4. The molecule has 1 fully saturated rings. The van der Waals surface area contributed by atoms with Gasteiger partial charge in [-0.3, -0.25) is 4.79 Å². The van der Waals surface area contributed by atoms with Crippen LogP contribution in [0.2, 0.25) is 0 Å². The lowest BCUT2D eigenvalue weighted by atomic mass is 10.1. The maximum atomic E-state index is 11.4. The standard InChI is InChI=1S/C15H21BrN2O2/c1-10(19)11-6-7-14(13(16)8-11)18(9-15(17)20)12-4-2-3-5-12/h6-8,10,12,19H,2-5,9H2,1H3,(H2,17,20)/t10-/m0/s1. The SMILES string of the molecule is C[C@H](O)c1ccc(N(CC(N)=O)C2CCCC2)c(Br)c1. The molecule has 1 aromatic carbocycles. The molecule has 1 saturated carbocycles. The molecule has 0 aliphatic heterocycles. The van der Waals surface area contributed by atoms with E-state index in [4.69, 9.17) is 5.73 Å². The number of aliphatic hydroxyl groups excluding tert-OH is 1. The third kappa shape index (κ3) is 3.52. The van der Waals surface area contributed by atoms with Crippen molar-refractivity contribution < 1.29 is 9.90 Å². The van der Waals surface area contributed by atoms with Crippen molar-refractivity contribution in [3.8, 4) is 0 Å². The number of hydrogen-bond acceptors (Lipinski definition) is 3. The maximum Gasteiger partial charge on any atom is 0.236 e. The summed E-state index contributed by atoms with van der Waals surface area (Å²) in [5.41, 5.74) is 7.22. The van der Waals surface area contributed by atoms with Gasteiger partial charge in [-0.1, -0.05) is 18.9 Å². The van der Waals surface area contributed by atoms with E-state index in [0.717, 1.165) is 28.6 Å². The number of aliphatic hydroxyl groups is 1. The van der Waals surface area contributed by atoms with Crippen LogP contribution in [0.1, 0.15) is 44.3 Å². The van der Waals surface area contributed by atoms with E-state index >= 15 is 0 Å². The Morgan fingerprint density at radius 2 is 2.15 bits per heavy atom. The van der Waals surface area contributed by atoms with Crippen molar-refractivity contribution in [2.75, 3.05) is 11.4 Å². The van der Waals surface area contributed by atoms with Gasteiger partial charge >= 0.3 is 0 Å². The first-order chi connectivity index (χ1) is 9.49. The molecule has 20 heavy (non-hydrogen) atoms. The molecule has 0 bridgehead atoms. The van der Waals surface area contributed by atoms with E-state index in [-0.39, 0.29) is 12.5 Å². The van der Waals surface area contributed by atoms with Crippen LogP contribution in [0.15, 0.2) is 22.7 Å². The lowest BCUT2D eigenvalue weighted by molar-refractivity contribution is -0.116. The van der Waals surface area contributed by atoms with Gasteiger partial charge in [0.15, 0.2) is 0 Å². The average molecular weight is 341 g/mol. The molecule has 0 spiro atoms. The summed E-state index contributed by atoms with van der Waals surface area (Å²) in [4.78, 5) is 13.4. The predicted molar refractivity (Wildman–Crippen MR) is 83.6 cm³/mol. The smallest absolute Gasteiger partial charge is 0.236 e. The van der Waals surface area contributed by atoms with Crippen LogP contribution < -0.4 is 10.6 Å². The minimum absolute atomic E-state index is 0.233. The van der Waals surface area contributed by atoms with Gasteiger partial charge in [0, 0.05) is 10.5 Å². The van der Waals surface area contributed by atoms with E-state index < -0.39 is 6.10 Å². The van der Waals surface area contributed by atoms with E-state index in [2.05, 4.69) is 20.8 Å². The van der Waals surface area contributed by atoms with Crippen molar-refractivity contribution in [3.05, 3.63) is 28.2 Å². The summed E-state index contributed by atoms with van der Waals surface area (Å²) < 4.78 is 0.893. The van der Waals surface area contributed by atoms with Crippen LogP contribution in [0.5, 0.6) is 0 Å². The quantitative estimate of drug-likeness (QED) is 0.865. The fraction of sp³-hybridized carbons (Fsp3) is 0.533. The minimum Gasteiger partial charge on any atom is -0.389 e. The number of nitrogens with two attached hydrogens (primary N) is 1. The average Bonchev–Trinajstić information content (AvgIpc) is 2.89. The zero-order valence-electron chi connectivity index (χ0n) is 11.7. The van der Waals surface area contributed by atoms with E-state index in [1.165, 1.54) is 12.8 Å². The molecule has 0 aromatic heterocycles. The molecular formula is C15H21BrN2O2. The number of nitrogens with zero attached hydrogens (tertiary/aromatic N) is 1. The van der Waals surface area contributed by atoms with Gasteiger partial charge in [0.25, 0.3) is 0 Å². The Morgan fingerprint density at radius 3 is 2.65 bits per heavy atom. The lowest BCUT2D eigenvalue weighted by Gasteiger charge is -2.31. The Bertz CT molecular complexity index is 485. The molecular weight excluding hydrogens is 320 g/mol. The Hall–Kier alpha value is -1.07. The minimum atomic E-state index is -0.503. The number of carbonyl (C=O) groups excluding carboxylic acids is 1. The van der Waals surface area contributed by atoms with Crippen molar-refractivity contribution in [2.45, 2.75) is 44.8 Å². The molecule has 1 amide bonds. The number of halogens is 1. The number of amides is 1. The van der Waals surface area contributed by atoms with Gasteiger partial charge < -0.3 is 15.7 Å². The molecule has 5 heteroatoms. The Labute approximate surface area is 128 Å². The highest BCUT2D eigenvalue weighted by Crippen LogP contribution is 2.34. The monoisotopic (exact) mass is 340 g/mol. The number of rotatable bonds is 5. The molecule has 2 rings (SSSR count). The summed E-state index contributed by atoms with van der Waals surface area (Å²) in [6.07, 6.45) is 4.08. The molecule has 1 aliphatic rings. The van der Waals surface area contributed by atoms with Crippen LogP contribution in [-0.4, -0.2) is 23.6 Å². The first-order valence-corrected chi connectivity index (χ1v) is 7.81. The summed E-state index contributed by atoms with van der Waals surface area (Å²) in [7, 11) is 0. The summed E-state index contributed by atoms with van der Waals surface area (Å²) in [6, 6.07) is 6.13. The molecule has 1 atom stereocenters. The van der Waals surface area contributed by atoms with Gasteiger partial charge in [0.2, 0.25) is 5.91 Å². The molecule has 1 aromatic rings. The molecule has 0 heterocycles. The van der Waals surface area contributed by atoms with Gasteiger partial charge in [-0.15, -0.1) is 0 Å². The Morgan fingerprint density at radius 1 is 1.50 bits per heavy atom. The second kappa shape index (κ2) is 6.59. The van der Waals surface area contributed by atoms with Crippen LogP contribution in [0.3, 0.4) is 0 Å². The third-order valence-corrected chi connectivity index (χ3v) is 4.49. The zero-order valence-corrected chi connectivity index (χ0v) is 13.3. The number of primary amides is 1. The molecule has 3 N–H and O–H groups in total. The van der Waals surface area contributed by atoms with E-state index in [1.807, 2.05) is 18.2 Å². The number of hydrogen-bond donors (Lipinski definition) is 2. The highest BCUT2D eigenvalue weighted by Gasteiger charge is 2.25. The second-order valence-electron chi connectivity index (χ2n) is 5.42. The van der Waals surface area contributed by atoms with Gasteiger partial charge in [0.05, 0.1) is 18.3 Å². The highest BCUT2D eigenvalue weighted by molar-refractivity contribution is 9.10. The first kappa shape index (κ1) is 15.3. The topological polar surface area (TPSA) is 66.6 Å². The summed E-state index contributed by atoms with van der Waals surface area (Å²) in [5.74, 6) is -0.316. The number of anilines is 1. The van der Waals surface area contributed by atoms with Crippen LogP contribution >= 0.6 is 15.9 Å². The molecule has 110 valence electrons. The first-order valence-electron chi connectivity index (χ1n) is 7.01. The fourth-order valence-corrected chi connectivity index (χ4v) is 3.43. The number of benzene rings is 1. The largest absolute Gasteiger partial charge is 0.389 e. The summed E-state index contributed by atoms with van der Waals surface area (Å²) in [6.45, 7) is 1.97. The second-order valence-corrected chi connectivity index (χ2v) is 6.27. The van der Waals surface area contributed by atoms with E-state index in [0.29, 0.717) is 6.04 Å². The van der Waals surface area contributed by atoms with Gasteiger partial charge in [-0.25, -0.2) is 0 Å². The Balaban J connectivity index is 2.30. The van der Waals surface area contributed by atoms with Crippen LogP contribution in [0, 0.1) is 0 Å². The molecule has 1 aliphatic carbocycles. The van der Waals surface area contributed by atoms with Crippen LogP contribution in [0.4, 0.5) is 5.69 Å². The third-order valence-electron chi connectivity index (χ3n) is 3.86. The lowest BCUT2D eigenvalue weighted by Crippen LogP contribution is -2.40. The van der Waals surface area contributed by atoms with Crippen molar-refractivity contribution in [2.24, 2.45) is 5.73 Å². The van der Waals surface area contributed by atoms with Crippen molar-refractivity contribution in [1.82, 2.24) is 0 Å². The van der Waals surface area contributed by atoms with E-state index in [9.17, 15) is 9.90 Å². The predicted octanol–water partition coefficient (Wildman–Crippen LogP) is 2.74. The number of carbonyl (C=O) groups is 1. The van der Waals surface area contributed by atoms with Crippen LogP contribution in [-0.2, 0) is 4.79 Å². The fourth-order valence-electron chi connectivity index (χ4n) is 2.81. The van der Waals surface area contributed by atoms with Gasteiger partial charge in [-0.2, -0.15) is 0 Å². The normalized spacial score (nSPS) is 17.1. The zero-order chi connectivity index (χ0) is 14.7. The van der Waals surface area contributed by atoms with Gasteiger partial charge in [-0.05, 0) is 53.4 Å². The summed E-state index contributed by atoms with van der Waals surface area (Å²) in [5, 5.41) is 9.63. The molecule has 0 unspecified atom stereocenters. The Kier molecular flexibility index (Phi) is 5.05. The van der Waals surface area contributed by atoms with Gasteiger partial charge in [0.1, 0.15) is 0 Å². The summed E-state index contributed by atoms with van der Waals surface area (Å²) >= 11 is 3.55. The molecule has 0 saturated heterocycles.